The van der Waals surface area contributed by atoms with E-state index in [-0.39, 0.29) is 42.4 Å². The number of unbranched alkanes of at least 4 members (excludes halogenated alkanes) is 1. The van der Waals surface area contributed by atoms with Gasteiger partial charge in [-0.3, -0.25) is 0 Å². The van der Waals surface area contributed by atoms with E-state index >= 15 is 0 Å². The van der Waals surface area contributed by atoms with Crippen molar-refractivity contribution in [2.45, 2.75) is 32.0 Å². The van der Waals surface area contributed by atoms with Crippen LogP contribution in [0.4, 0.5) is 18.0 Å². The second-order valence-electron chi connectivity index (χ2n) is 6.34. The predicted molar refractivity (Wildman–Crippen MR) is 100 cm³/mol. The lowest BCUT2D eigenvalue weighted by Crippen LogP contribution is -2.41. The van der Waals surface area contributed by atoms with E-state index in [1.165, 1.54) is 19.1 Å². The molecular formula is C18H17ClF3NO9. The molecule has 176 valence electrons. The van der Waals surface area contributed by atoms with Gasteiger partial charge in [0.1, 0.15) is 5.75 Å². The van der Waals surface area contributed by atoms with Gasteiger partial charge < -0.3 is 23.8 Å². The van der Waals surface area contributed by atoms with Crippen molar-refractivity contribution < 1.29 is 51.6 Å². The van der Waals surface area contributed by atoms with Gasteiger partial charge >= 0.3 is 18.3 Å². The maximum atomic E-state index is 13.4. The minimum Gasteiger partial charge on any atom is -0.475 e. The van der Waals surface area contributed by atoms with Gasteiger partial charge in [-0.2, -0.15) is 13.2 Å². The summed E-state index contributed by atoms with van der Waals surface area (Å²) >= 11 is 5.91. The predicted octanol–water partition coefficient (Wildman–Crippen LogP) is 4.00. The van der Waals surface area contributed by atoms with Gasteiger partial charge in [0.2, 0.25) is 12.9 Å². The molecule has 0 saturated carbocycles. The number of esters is 1. The van der Waals surface area contributed by atoms with E-state index in [0.29, 0.717) is 5.56 Å². The molecule has 1 aromatic carbocycles. The topological polar surface area (TPSA) is 123 Å². The summed E-state index contributed by atoms with van der Waals surface area (Å²) in [5, 5.41) is 9.22. The van der Waals surface area contributed by atoms with Crippen LogP contribution >= 0.6 is 11.6 Å². The third kappa shape index (κ3) is 7.18. The molecule has 0 aliphatic carbocycles. The van der Waals surface area contributed by atoms with Gasteiger partial charge in [0.15, 0.2) is 0 Å². The summed E-state index contributed by atoms with van der Waals surface area (Å²) in [5.74, 6) is -1.49. The maximum Gasteiger partial charge on any atom is 0.511 e. The van der Waals surface area contributed by atoms with Gasteiger partial charge in [-0.1, -0.05) is 11.6 Å². The first-order chi connectivity index (χ1) is 15.0. The number of halogens is 4. The van der Waals surface area contributed by atoms with Crippen molar-refractivity contribution in [1.82, 2.24) is 0 Å². The fraction of sp³-hybridized carbons (Fsp3) is 0.444. The van der Waals surface area contributed by atoms with Crippen LogP contribution in [0.2, 0.25) is 5.02 Å². The molecule has 0 spiro atoms. The fourth-order valence-electron chi connectivity index (χ4n) is 2.61. The lowest BCUT2D eigenvalue weighted by atomic mass is 9.99. The zero-order valence-electron chi connectivity index (χ0n) is 16.5. The molecule has 0 fully saturated rings. The van der Waals surface area contributed by atoms with Crippen molar-refractivity contribution in [3.63, 3.8) is 0 Å². The minimum absolute atomic E-state index is 0.0725. The van der Waals surface area contributed by atoms with E-state index < -0.39 is 41.9 Å². The van der Waals surface area contributed by atoms with Crippen molar-refractivity contribution in [2.75, 3.05) is 20.0 Å². The smallest absolute Gasteiger partial charge is 0.475 e. The van der Waals surface area contributed by atoms with Gasteiger partial charge in [0.05, 0.1) is 18.8 Å². The van der Waals surface area contributed by atoms with Crippen LogP contribution in [-0.4, -0.2) is 49.5 Å². The fourth-order valence-corrected chi connectivity index (χ4v) is 2.89. The SMILES string of the molecule is Cc1cc(Cl)cc2c1OC(C(F)(F)F)C(C(=O)OCOC(=O)OCCCCO[N+](=O)[O-])=C2. The summed E-state index contributed by atoms with van der Waals surface area (Å²) in [4.78, 5) is 37.6. The number of hydrogen-bond acceptors (Lipinski definition) is 9. The third-order valence-electron chi connectivity index (χ3n) is 3.95. The van der Waals surface area contributed by atoms with Crippen molar-refractivity contribution in [1.29, 1.82) is 0 Å². The van der Waals surface area contributed by atoms with Crippen LogP contribution in [0.5, 0.6) is 5.75 Å². The number of nitrogens with zero attached hydrogens (tertiary/aromatic N) is 1. The number of fused-ring (bicyclic) bond motifs is 1. The quantitative estimate of drug-likeness (QED) is 0.168. The number of hydrogen-bond donors (Lipinski definition) is 0. The Kier molecular flexibility index (Phi) is 8.52. The highest BCUT2D eigenvalue weighted by Crippen LogP contribution is 2.40. The van der Waals surface area contributed by atoms with Gasteiger partial charge in [0.25, 0.3) is 5.09 Å². The zero-order chi connectivity index (χ0) is 23.9. The summed E-state index contributed by atoms with van der Waals surface area (Å²) in [6, 6.07) is 2.74. The molecule has 32 heavy (non-hydrogen) atoms. The molecule has 0 radical (unpaired) electrons. The third-order valence-corrected chi connectivity index (χ3v) is 4.17. The number of ether oxygens (including phenoxy) is 4. The molecule has 1 unspecified atom stereocenters. The van der Waals surface area contributed by atoms with E-state index in [1.807, 2.05) is 0 Å². The van der Waals surface area contributed by atoms with E-state index in [0.717, 1.165) is 6.08 Å². The van der Waals surface area contributed by atoms with Crippen LogP contribution < -0.4 is 4.74 Å². The Hall–Kier alpha value is -3.22. The Bertz CT molecular complexity index is 904. The summed E-state index contributed by atoms with van der Waals surface area (Å²) in [6.45, 7) is 0.143. The number of rotatable bonds is 9. The second kappa shape index (κ2) is 10.9. The molecule has 1 atom stereocenters. The van der Waals surface area contributed by atoms with Crippen LogP contribution in [0.25, 0.3) is 6.08 Å². The first kappa shape index (κ1) is 25.0. The first-order valence-electron chi connectivity index (χ1n) is 8.98. The molecule has 14 heteroatoms. The molecule has 0 bridgehead atoms. The highest BCUT2D eigenvalue weighted by Gasteiger charge is 2.49. The van der Waals surface area contributed by atoms with Gasteiger partial charge in [0, 0.05) is 10.6 Å². The van der Waals surface area contributed by atoms with Gasteiger partial charge in [-0.25, -0.2) is 9.59 Å². The second-order valence-corrected chi connectivity index (χ2v) is 6.77. The van der Waals surface area contributed by atoms with Crippen LogP contribution in [0.1, 0.15) is 24.0 Å². The average molecular weight is 484 g/mol. The largest absolute Gasteiger partial charge is 0.511 e. The zero-order valence-corrected chi connectivity index (χ0v) is 17.2. The molecule has 1 aliphatic rings. The normalized spacial score (nSPS) is 15.0. The van der Waals surface area contributed by atoms with E-state index in [1.54, 1.807) is 0 Å². The number of aryl methyl sites for hydroxylation is 1. The number of alkyl halides is 3. The van der Waals surface area contributed by atoms with Crippen molar-refractivity contribution in [3.8, 4) is 5.75 Å². The summed E-state index contributed by atoms with van der Waals surface area (Å²) < 4.78 is 59.0. The summed E-state index contributed by atoms with van der Waals surface area (Å²) in [5.41, 5.74) is -0.347. The number of benzene rings is 1. The molecule has 1 aliphatic heterocycles. The van der Waals surface area contributed by atoms with Gasteiger partial charge in [-0.15, -0.1) is 10.1 Å². The van der Waals surface area contributed by atoms with Crippen LogP contribution in [0.3, 0.4) is 0 Å². The van der Waals surface area contributed by atoms with E-state index in [2.05, 4.69) is 19.0 Å². The Morgan fingerprint density at radius 3 is 2.53 bits per heavy atom. The Balaban J connectivity index is 1.90. The Morgan fingerprint density at radius 1 is 1.19 bits per heavy atom. The summed E-state index contributed by atoms with van der Waals surface area (Å²) in [7, 11) is 0. The molecule has 0 saturated heterocycles. The Morgan fingerprint density at radius 2 is 1.88 bits per heavy atom. The van der Waals surface area contributed by atoms with Crippen molar-refractivity contribution in [3.05, 3.63) is 44.0 Å². The van der Waals surface area contributed by atoms with E-state index in [4.69, 9.17) is 16.3 Å². The van der Waals surface area contributed by atoms with Crippen LogP contribution in [-0.2, 0) is 23.8 Å². The highest BCUT2D eigenvalue weighted by atomic mass is 35.5. The lowest BCUT2D eigenvalue weighted by Gasteiger charge is -2.28. The number of carbonyl (C=O) groups excluding carboxylic acids is 2. The first-order valence-corrected chi connectivity index (χ1v) is 9.36. The molecule has 2 rings (SSSR count). The molecule has 0 N–H and O–H groups in total. The molecular weight excluding hydrogens is 467 g/mol. The average Bonchev–Trinajstić information content (AvgIpc) is 2.68. The molecule has 0 amide bonds. The van der Waals surface area contributed by atoms with Gasteiger partial charge in [-0.05, 0) is 43.5 Å². The molecule has 10 nitrogen and oxygen atoms in total. The lowest BCUT2D eigenvalue weighted by molar-refractivity contribution is -0.757. The maximum absolute atomic E-state index is 13.4. The molecule has 0 aromatic heterocycles. The van der Waals surface area contributed by atoms with Crippen molar-refractivity contribution >= 4 is 29.8 Å². The number of carbonyl (C=O) groups is 2. The monoisotopic (exact) mass is 483 g/mol. The molecule has 1 aromatic rings. The highest BCUT2D eigenvalue weighted by molar-refractivity contribution is 6.30. The minimum atomic E-state index is -4.92. The van der Waals surface area contributed by atoms with Crippen LogP contribution in [0.15, 0.2) is 17.7 Å². The summed E-state index contributed by atoms with van der Waals surface area (Å²) in [6.07, 6.45) is -7.36. The van der Waals surface area contributed by atoms with Crippen LogP contribution in [0, 0.1) is 17.0 Å². The Labute approximate surface area is 183 Å². The van der Waals surface area contributed by atoms with Crippen molar-refractivity contribution in [2.24, 2.45) is 0 Å². The standard InChI is InChI=1S/C18H17ClF3NO9/c1-10-6-12(19)7-11-8-13(15(18(20,21)22)32-14(10)11)16(24)29-9-30-17(25)28-4-2-3-5-31-23(26)27/h6-8,15H,2-5,9H2,1H3. The van der Waals surface area contributed by atoms with E-state index in [9.17, 15) is 32.9 Å². The molecule has 1 heterocycles.